The number of urea groups is 1. The molecule has 2 amide bonds. The quantitative estimate of drug-likeness (QED) is 0.636. The average molecular weight is 385 g/mol. The average Bonchev–Trinajstić information content (AvgIpc) is 2.58. The minimum Gasteiger partial charge on any atom is -0.493 e. The Balaban J connectivity index is 2.65. The molecule has 0 saturated heterocycles. The van der Waals surface area contributed by atoms with Gasteiger partial charge < -0.3 is 30.0 Å². The van der Waals surface area contributed by atoms with Gasteiger partial charge in [-0.25, -0.2) is 14.4 Å². The van der Waals surface area contributed by atoms with Gasteiger partial charge in [-0.3, -0.25) is 0 Å². The molecule has 26 heavy (non-hydrogen) atoms. The van der Waals surface area contributed by atoms with Crippen molar-refractivity contribution in [2.45, 2.75) is 13.0 Å². The zero-order valence-corrected chi connectivity index (χ0v) is 15.0. The van der Waals surface area contributed by atoms with E-state index in [2.05, 4.69) is 10.6 Å². The van der Waals surface area contributed by atoms with Crippen LogP contribution in [0.5, 0.6) is 11.5 Å². The molecule has 10 heteroatoms. The van der Waals surface area contributed by atoms with Gasteiger partial charge in [-0.15, -0.1) is 0 Å². The smallest absolute Gasteiger partial charge is 0.341 e. The number of ether oxygens (including phenoxy) is 3. The second kappa shape index (κ2) is 7.96. The Kier molecular flexibility index (Phi) is 5.93. The van der Waals surface area contributed by atoms with Crippen molar-refractivity contribution in [3.8, 4) is 11.5 Å². The molecule has 0 radical (unpaired) electrons. The molecule has 1 aliphatic rings. The summed E-state index contributed by atoms with van der Waals surface area (Å²) in [6.07, 6.45) is 0. The number of carboxylic acid groups (broad SMARTS) is 1. The predicted octanol–water partition coefficient (Wildman–Crippen LogP) is 1.61. The van der Waals surface area contributed by atoms with Crippen LogP contribution >= 0.6 is 11.6 Å². The topological polar surface area (TPSA) is 123 Å². The zero-order chi connectivity index (χ0) is 19.4. The summed E-state index contributed by atoms with van der Waals surface area (Å²) in [7, 11) is 2.56. The second-order valence-corrected chi connectivity index (χ2v) is 5.71. The third-order valence-electron chi connectivity index (χ3n) is 3.59. The Morgan fingerprint density at radius 2 is 2.00 bits per heavy atom. The summed E-state index contributed by atoms with van der Waals surface area (Å²) in [5, 5.41) is 14.2. The zero-order valence-electron chi connectivity index (χ0n) is 14.2. The van der Waals surface area contributed by atoms with Crippen LogP contribution in [0.3, 0.4) is 0 Å². The van der Waals surface area contributed by atoms with Crippen LogP contribution < -0.4 is 20.1 Å². The largest absolute Gasteiger partial charge is 0.493 e. The Hall–Kier alpha value is -2.94. The first kappa shape index (κ1) is 19.4. The molecule has 0 saturated carbocycles. The van der Waals surface area contributed by atoms with E-state index in [-0.39, 0.29) is 33.4 Å². The Bertz CT molecular complexity index is 791. The standard InChI is InChI=1S/C16H17ClN2O7/c1-7-12(15(22)25-3)13(19-16(23)18-7)9-4-8(17)5-10(24-2)14(9)26-6-11(20)21/h4-5,13H,6H2,1-3H3,(H,20,21)(H2,18,19,23)/t13-/m1/s1. The van der Waals surface area contributed by atoms with Gasteiger partial charge in [-0.1, -0.05) is 11.6 Å². The van der Waals surface area contributed by atoms with Crippen LogP contribution in [0.25, 0.3) is 0 Å². The number of allylic oxidation sites excluding steroid dienone is 1. The Morgan fingerprint density at radius 1 is 1.31 bits per heavy atom. The molecule has 9 nitrogen and oxygen atoms in total. The minimum absolute atomic E-state index is 0.0423. The number of carbonyl (C=O) groups is 3. The monoisotopic (exact) mass is 384 g/mol. The molecule has 0 aliphatic carbocycles. The lowest BCUT2D eigenvalue weighted by Crippen LogP contribution is -2.45. The molecule has 1 aromatic rings. The Labute approximate surface area is 153 Å². The lowest BCUT2D eigenvalue weighted by atomic mass is 9.94. The predicted molar refractivity (Wildman–Crippen MR) is 90.3 cm³/mol. The van der Waals surface area contributed by atoms with Gasteiger partial charge in [0.1, 0.15) is 0 Å². The first-order valence-electron chi connectivity index (χ1n) is 7.37. The first-order valence-corrected chi connectivity index (χ1v) is 7.74. The highest BCUT2D eigenvalue weighted by Crippen LogP contribution is 2.41. The molecule has 0 unspecified atom stereocenters. The number of aliphatic carboxylic acids is 1. The van der Waals surface area contributed by atoms with Crippen LogP contribution in [0.15, 0.2) is 23.4 Å². The summed E-state index contributed by atoms with van der Waals surface area (Å²) >= 11 is 6.10. The van der Waals surface area contributed by atoms with E-state index in [1.807, 2.05) is 0 Å². The summed E-state index contributed by atoms with van der Waals surface area (Å²) in [4.78, 5) is 35.0. The highest BCUT2D eigenvalue weighted by molar-refractivity contribution is 6.30. The molecule has 0 aromatic heterocycles. The molecule has 0 fully saturated rings. The van der Waals surface area contributed by atoms with E-state index in [4.69, 9.17) is 30.9 Å². The maximum absolute atomic E-state index is 12.2. The van der Waals surface area contributed by atoms with Crippen LogP contribution in [-0.2, 0) is 14.3 Å². The number of carbonyl (C=O) groups excluding carboxylic acids is 2. The number of nitrogens with one attached hydrogen (secondary N) is 2. The SMILES string of the molecule is COC(=O)C1=C(C)NC(=O)N[C@@H]1c1cc(Cl)cc(OC)c1OCC(=O)O. The number of hydrogen-bond acceptors (Lipinski definition) is 6. The van der Waals surface area contributed by atoms with Crippen molar-refractivity contribution in [3.63, 3.8) is 0 Å². The van der Waals surface area contributed by atoms with Gasteiger partial charge in [-0.05, 0) is 13.0 Å². The maximum atomic E-state index is 12.2. The summed E-state index contributed by atoms with van der Waals surface area (Å²) in [6, 6.07) is 1.35. The van der Waals surface area contributed by atoms with Crippen LogP contribution in [0.2, 0.25) is 5.02 Å². The molecule has 1 heterocycles. The van der Waals surface area contributed by atoms with Gasteiger partial charge in [0.2, 0.25) is 0 Å². The maximum Gasteiger partial charge on any atom is 0.341 e. The highest BCUT2D eigenvalue weighted by Gasteiger charge is 2.35. The van der Waals surface area contributed by atoms with Crippen LogP contribution in [0, 0.1) is 0 Å². The summed E-state index contributed by atoms with van der Waals surface area (Å²) in [6.45, 7) is 0.887. The molecular formula is C16H17ClN2O7. The normalized spacial score (nSPS) is 16.5. The third-order valence-corrected chi connectivity index (χ3v) is 3.81. The van der Waals surface area contributed by atoms with Crippen LogP contribution in [0.1, 0.15) is 18.5 Å². The van der Waals surface area contributed by atoms with Gasteiger partial charge in [0.05, 0.1) is 25.8 Å². The number of amides is 2. The molecule has 3 N–H and O–H groups in total. The number of esters is 1. The fourth-order valence-electron chi connectivity index (χ4n) is 2.55. The summed E-state index contributed by atoms with van der Waals surface area (Å²) < 4.78 is 15.3. The van der Waals surface area contributed by atoms with Crippen LogP contribution in [-0.4, -0.2) is 43.9 Å². The molecule has 1 aliphatic heterocycles. The first-order chi connectivity index (χ1) is 12.3. The van der Waals surface area contributed by atoms with Crippen molar-refractivity contribution in [2.24, 2.45) is 0 Å². The van der Waals surface area contributed by atoms with E-state index in [9.17, 15) is 14.4 Å². The third kappa shape index (κ3) is 3.99. The number of halogens is 1. The van der Waals surface area contributed by atoms with Crippen LogP contribution in [0.4, 0.5) is 4.79 Å². The van der Waals surface area contributed by atoms with E-state index in [1.54, 1.807) is 0 Å². The van der Waals surface area contributed by atoms with E-state index >= 15 is 0 Å². The second-order valence-electron chi connectivity index (χ2n) is 5.27. The van der Waals surface area contributed by atoms with Crippen molar-refractivity contribution >= 4 is 29.6 Å². The van der Waals surface area contributed by atoms with Crippen molar-refractivity contribution in [3.05, 3.63) is 34.0 Å². The van der Waals surface area contributed by atoms with Gasteiger partial charge in [0.15, 0.2) is 18.1 Å². The van der Waals surface area contributed by atoms with Crippen molar-refractivity contribution in [1.82, 2.24) is 10.6 Å². The number of benzene rings is 1. The van der Waals surface area contributed by atoms with E-state index in [1.165, 1.54) is 33.3 Å². The molecule has 0 spiro atoms. The Morgan fingerprint density at radius 3 is 2.58 bits per heavy atom. The number of carboxylic acids is 1. The number of methoxy groups -OCH3 is 2. The van der Waals surface area contributed by atoms with Gasteiger partial charge in [0, 0.05) is 22.3 Å². The summed E-state index contributed by atoms with van der Waals surface area (Å²) in [5.74, 6) is -1.69. The lowest BCUT2D eigenvalue weighted by molar-refractivity contribution is -0.139. The number of rotatable bonds is 6. The molecule has 1 aromatic carbocycles. The fraction of sp³-hybridized carbons (Fsp3) is 0.312. The minimum atomic E-state index is -1.21. The van der Waals surface area contributed by atoms with E-state index in [0.29, 0.717) is 0 Å². The number of hydrogen-bond donors (Lipinski definition) is 3. The van der Waals surface area contributed by atoms with Crippen molar-refractivity contribution in [1.29, 1.82) is 0 Å². The molecular weight excluding hydrogens is 368 g/mol. The molecule has 0 bridgehead atoms. The van der Waals surface area contributed by atoms with Crippen molar-refractivity contribution < 1.29 is 33.7 Å². The van der Waals surface area contributed by atoms with Gasteiger partial charge >= 0.3 is 18.0 Å². The molecule has 2 rings (SSSR count). The van der Waals surface area contributed by atoms with E-state index < -0.39 is 30.6 Å². The fourth-order valence-corrected chi connectivity index (χ4v) is 2.77. The van der Waals surface area contributed by atoms with Crippen molar-refractivity contribution in [2.75, 3.05) is 20.8 Å². The summed E-state index contributed by atoms with van der Waals surface area (Å²) in [5.41, 5.74) is 0.663. The molecule has 1 atom stereocenters. The van der Waals surface area contributed by atoms with Gasteiger partial charge in [0.25, 0.3) is 0 Å². The highest BCUT2D eigenvalue weighted by atomic mass is 35.5. The molecule has 140 valence electrons. The van der Waals surface area contributed by atoms with E-state index in [0.717, 1.165) is 0 Å². The lowest BCUT2D eigenvalue weighted by Gasteiger charge is -2.29. The van der Waals surface area contributed by atoms with Gasteiger partial charge in [-0.2, -0.15) is 0 Å².